The summed E-state index contributed by atoms with van der Waals surface area (Å²) in [5.74, 6) is 1.40. The molecule has 5 nitrogen and oxygen atoms in total. The van der Waals surface area contributed by atoms with Crippen molar-refractivity contribution < 1.29 is 9.59 Å². The Kier molecular flexibility index (Phi) is 6.43. The number of piperazine rings is 2. The molecule has 7 heteroatoms. The van der Waals surface area contributed by atoms with Gasteiger partial charge in [-0.3, -0.25) is 14.5 Å². The van der Waals surface area contributed by atoms with E-state index < -0.39 is 12.1 Å². The molecule has 4 rings (SSSR count). The zero-order valence-electron chi connectivity index (χ0n) is 16.1. The maximum atomic E-state index is 12.9. The summed E-state index contributed by atoms with van der Waals surface area (Å²) in [7, 11) is 0. The Hall–Kier alpha value is -2.02. The quantitative estimate of drug-likeness (QED) is 0.767. The number of hydrogen-bond acceptors (Lipinski definition) is 4. The Morgan fingerprint density at radius 2 is 1.79 bits per heavy atom. The molecule has 2 saturated heterocycles. The van der Waals surface area contributed by atoms with Crippen LogP contribution in [0.25, 0.3) is 0 Å². The smallest absolute Gasteiger partial charge is 0.246 e. The van der Waals surface area contributed by atoms with E-state index in [1.807, 2.05) is 42.5 Å². The van der Waals surface area contributed by atoms with Gasteiger partial charge in [-0.25, -0.2) is 0 Å². The van der Waals surface area contributed by atoms with E-state index in [9.17, 15) is 9.59 Å². The van der Waals surface area contributed by atoms with Crippen LogP contribution >= 0.6 is 23.4 Å². The van der Waals surface area contributed by atoms with Gasteiger partial charge in [0.1, 0.15) is 12.1 Å². The first-order chi connectivity index (χ1) is 14.1. The van der Waals surface area contributed by atoms with E-state index in [1.54, 1.807) is 16.7 Å². The van der Waals surface area contributed by atoms with E-state index in [1.165, 1.54) is 5.56 Å². The van der Waals surface area contributed by atoms with Crippen molar-refractivity contribution in [1.29, 1.82) is 0 Å². The van der Waals surface area contributed by atoms with Crippen LogP contribution in [0.1, 0.15) is 11.1 Å². The van der Waals surface area contributed by atoms with Crippen molar-refractivity contribution in [2.45, 2.75) is 24.4 Å². The summed E-state index contributed by atoms with van der Waals surface area (Å²) in [6, 6.07) is 17.0. The minimum atomic E-state index is -0.442. The fraction of sp³-hybridized carbons (Fsp3) is 0.364. The second kappa shape index (κ2) is 9.20. The molecule has 0 bridgehead atoms. The topological polar surface area (TPSA) is 52.7 Å². The van der Waals surface area contributed by atoms with E-state index >= 15 is 0 Å². The summed E-state index contributed by atoms with van der Waals surface area (Å²) in [6.45, 7) is 2.53. The fourth-order valence-corrected chi connectivity index (χ4v) is 5.05. The Morgan fingerprint density at radius 1 is 1.03 bits per heavy atom. The van der Waals surface area contributed by atoms with Gasteiger partial charge in [-0.15, -0.1) is 0 Å². The molecule has 2 aliphatic heterocycles. The lowest BCUT2D eigenvalue weighted by molar-refractivity contribution is -0.152. The van der Waals surface area contributed by atoms with E-state index in [4.69, 9.17) is 11.6 Å². The highest BCUT2D eigenvalue weighted by molar-refractivity contribution is 7.98. The summed E-state index contributed by atoms with van der Waals surface area (Å²) in [5.41, 5.74) is 2.26. The average Bonchev–Trinajstić information content (AvgIpc) is 2.74. The molecule has 0 unspecified atom stereocenters. The predicted molar refractivity (Wildman–Crippen MR) is 117 cm³/mol. The number of amides is 2. The third-order valence-electron chi connectivity index (χ3n) is 5.41. The molecule has 2 aromatic carbocycles. The van der Waals surface area contributed by atoms with Gasteiger partial charge < -0.3 is 10.2 Å². The average molecular weight is 430 g/mol. The normalized spacial score (nSPS) is 22.3. The van der Waals surface area contributed by atoms with Crippen LogP contribution in [0.5, 0.6) is 0 Å². The zero-order chi connectivity index (χ0) is 20.2. The maximum Gasteiger partial charge on any atom is 0.246 e. The molecule has 2 amide bonds. The minimum Gasteiger partial charge on any atom is -0.342 e. The summed E-state index contributed by atoms with van der Waals surface area (Å²) in [6.07, 6.45) is 0. The molecule has 2 heterocycles. The van der Waals surface area contributed by atoms with Crippen LogP contribution in [0, 0.1) is 0 Å². The Balaban J connectivity index is 1.33. The van der Waals surface area contributed by atoms with Crippen molar-refractivity contribution in [2.75, 3.05) is 25.4 Å². The SMILES string of the molecule is O=C1N[C@@H](CSCc2ccccc2)C(=O)N2CCN(Cc3ccccc3Cl)C[C@H]12. The number of rotatable bonds is 6. The molecule has 2 fully saturated rings. The van der Waals surface area contributed by atoms with Gasteiger partial charge in [0.15, 0.2) is 0 Å². The predicted octanol–water partition coefficient (Wildman–Crippen LogP) is 2.78. The molecule has 2 atom stereocenters. The first kappa shape index (κ1) is 20.3. The lowest BCUT2D eigenvalue weighted by Gasteiger charge is -2.45. The lowest BCUT2D eigenvalue weighted by atomic mass is 10.0. The standard InChI is InChI=1S/C22H24ClN3O2S/c23-18-9-5-4-8-17(18)12-25-10-11-26-20(13-25)21(27)24-19(22(26)28)15-29-14-16-6-2-1-3-7-16/h1-9,19-20H,10-15H2,(H,24,27)/t19-,20+/m0/s1. The van der Waals surface area contributed by atoms with Gasteiger partial charge in [-0.05, 0) is 17.2 Å². The van der Waals surface area contributed by atoms with Crippen LogP contribution in [-0.4, -0.2) is 59.1 Å². The first-order valence-electron chi connectivity index (χ1n) is 9.80. The molecular formula is C22H24ClN3O2S. The van der Waals surface area contributed by atoms with Crippen molar-refractivity contribution in [3.8, 4) is 0 Å². The van der Waals surface area contributed by atoms with Gasteiger partial charge >= 0.3 is 0 Å². The minimum absolute atomic E-state index is 0.0348. The summed E-state index contributed by atoms with van der Waals surface area (Å²) < 4.78 is 0. The van der Waals surface area contributed by atoms with Crippen molar-refractivity contribution in [3.63, 3.8) is 0 Å². The van der Waals surface area contributed by atoms with Crippen LogP contribution in [-0.2, 0) is 21.9 Å². The number of hydrogen-bond donors (Lipinski definition) is 1. The van der Waals surface area contributed by atoms with Gasteiger partial charge in [-0.1, -0.05) is 60.1 Å². The number of halogens is 1. The van der Waals surface area contributed by atoms with Gasteiger partial charge in [0, 0.05) is 42.7 Å². The summed E-state index contributed by atoms with van der Waals surface area (Å²) in [4.78, 5) is 29.6. The Morgan fingerprint density at radius 3 is 2.59 bits per heavy atom. The number of carbonyl (C=O) groups excluding carboxylic acids is 2. The summed E-state index contributed by atoms with van der Waals surface area (Å²) in [5, 5.41) is 3.67. The Bertz CT molecular complexity index is 879. The van der Waals surface area contributed by atoms with Crippen molar-refractivity contribution in [3.05, 3.63) is 70.7 Å². The number of nitrogens with zero attached hydrogens (tertiary/aromatic N) is 2. The van der Waals surface area contributed by atoms with Crippen LogP contribution < -0.4 is 5.32 Å². The van der Waals surface area contributed by atoms with Gasteiger partial charge in [0.25, 0.3) is 0 Å². The number of nitrogens with one attached hydrogen (secondary N) is 1. The molecular weight excluding hydrogens is 406 g/mol. The fourth-order valence-electron chi connectivity index (χ4n) is 3.85. The summed E-state index contributed by atoms with van der Waals surface area (Å²) >= 11 is 7.95. The van der Waals surface area contributed by atoms with Gasteiger partial charge in [-0.2, -0.15) is 11.8 Å². The van der Waals surface area contributed by atoms with E-state index in [0.717, 1.165) is 22.9 Å². The van der Waals surface area contributed by atoms with Gasteiger partial charge in [0.05, 0.1) is 0 Å². The second-order valence-corrected chi connectivity index (χ2v) is 8.87. The molecule has 1 N–H and O–H groups in total. The largest absolute Gasteiger partial charge is 0.342 e. The zero-order valence-corrected chi connectivity index (χ0v) is 17.7. The first-order valence-corrected chi connectivity index (χ1v) is 11.3. The number of fused-ring (bicyclic) bond motifs is 1. The van der Waals surface area contributed by atoms with Crippen LogP contribution in [0.3, 0.4) is 0 Å². The third kappa shape index (κ3) is 4.77. The molecule has 0 spiro atoms. The molecule has 0 saturated carbocycles. The van der Waals surface area contributed by atoms with Crippen molar-refractivity contribution >= 4 is 35.2 Å². The molecule has 29 heavy (non-hydrogen) atoms. The van der Waals surface area contributed by atoms with E-state index in [2.05, 4.69) is 22.3 Å². The highest BCUT2D eigenvalue weighted by Gasteiger charge is 2.43. The molecule has 0 aromatic heterocycles. The molecule has 0 aliphatic carbocycles. The van der Waals surface area contributed by atoms with Gasteiger partial charge in [0.2, 0.25) is 11.8 Å². The van der Waals surface area contributed by atoms with Crippen LogP contribution in [0.2, 0.25) is 5.02 Å². The molecule has 152 valence electrons. The second-order valence-electron chi connectivity index (χ2n) is 7.44. The third-order valence-corrected chi connectivity index (χ3v) is 6.89. The maximum absolute atomic E-state index is 12.9. The molecule has 2 aliphatic rings. The van der Waals surface area contributed by atoms with E-state index in [-0.39, 0.29) is 11.8 Å². The van der Waals surface area contributed by atoms with Crippen LogP contribution in [0.15, 0.2) is 54.6 Å². The number of carbonyl (C=O) groups is 2. The molecule has 2 aromatic rings. The highest BCUT2D eigenvalue weighted by Crippen LogP contribution is 2.23. The molecule has 0 radical (unpaired) electrons. The van der Waals surface area contributed by atoms with Crippen molar-refractivity contribution in [1.82, 2.24) is 15.1 Å². The number of thioether (sulfide) groups is 1. The highest BCUT2D eigenvalue weighted by atomic mass is 35.5. The van der Waals surface area contributed by atoms with Crippen LogP contribution in [0.4, 0.5) is 0 Å². The number of benzene rings is 2. The van der Waals surface area contributed by atoms with Crippen molar-refractivity contribution in [2.24, 2.45) is 0 Å². The lowest BCUT2D eigenvalue weighted by Crippen LogP contribution is -2.69. The Labute approximate surface area is 180 Å². The van der Waals surface area contributed by atoms with E-state index in [0.29, 0.717) is 25.4 Å². The monoisotopic (exact) mass is 429 g/mol.